The molecule has 0 aromatic carbocycles. The number of nitrogens with zero attached hydrogens (tertiary/aromatic N) is 4. The van der Waals surface area contributed by atoms with Crippen LogP contribution in [0.25, 0.3) is 0 Å². The van der Waals surface area contributed by atoms with Crippen molar-refractivity contribution in [2.45, 2.75) is 0 Å². The van der Waals surface area contributed by atoms with E-state index in [1.54, 1.807) is 6.20 Å². The molecule has 0 aliphatic carbocycles. The topological polar surface area (TPSA) is 50.5 Å². The fourth-order valence-corrected chi connectivity index (χ4v) is 0.607. The average Bonchev–Trinajstić information content (AvgIpc) is 2.33. The minimum atomic E-state index is 0.602. The lowest BCUT2D eigenvalue weighted by Gasteiger charge is -1.86. The van der Waals surface area contributed by atoms with Crippen molar-refractivity contribution in [3.63, 3.8) is 0 Å². The molecule has 0 spiro atoms. The Hall–Kier alpha value is -1.54. The summed E-state index contributed by atoms with van der Waals surface area (Å²) in [5, 5.41) is 0. The Bertz CT molecular complexity index is 271. The molecule has 1 aliphatic rings. The summed E-state index contributed by atoms with van der Waals surface area (Å²) in [6.45, 7) is 0. The summed E-state index contributed by atoms with van der Waals surface area (Å²) in [6, 6.07) is 2.44. The van der Waals surface area contributed by atoms with Crippen LogP contribution in [0.3, 0.4) is 0 Å². The predicted molar refractivity (Wildman–Crippen MR) is 31.2 cm³/mol. The smallest absolute Gasteiger partial charge is 0.193 e. The van der Waals surface area contributed by atoms with Gasteiger partial charge in [-0.1, -0.05) is 0 Å². The molecule has 2 rings (SSSR count). The van der Waals surface area contributed by atoms with Crippen LogP contribution in [0.5, 0.6) is 0 Å². The summed E-state index contributed by atoms with van der Waals surface area (Å²) >= 11 is 0. The van der Waals surface area contributed by atoms with Crippen LogP contribution in [0.1, 0.15) is 0 Å². The van der Waals surface area contributed by atoms with Crippen molar-refractivity contribution in [1.82, 2.24) is 9.97 Å². The van der Waals surface area contributed by atoms with E-state index >= 15 is 0 Å². The number of rotatable bonds is 0. The highest BCUT2D eigenvalue weighted by atomic mass is 15.0. The lowest BCUT2D eigenvalue weighted by atomic mass is 10.5. The minimum Gasteiger partial charge on any atom is -0.242 e. The molecular weight excluding hydrogens is 116 g/mol. The van der Waals surface area contributed by atoms with Gasteiger partial charge in [-0.05, 0) is 0 Å². The first kappa shape index (κ1) is 4.35. The fraction of sp³-hybridized carbons (Fsp3) is 0. The lowest BCUT2D eigenvalue weighted by Crippen LogP contribution is -1.72. The third kappa shape index (κ3) is 0.538. The second-order valence-corrected chi connectivity index (χ2v) is 1.56. The van der Waals surface area contributed by atoms with Crippen LogP contribution < -0.4 is 0 Å². The monoisotopic (exact) mass is 118 g/mol. The third-order valence-electron chi connectivity index (χ3n) is 0.999. The quantitative estimate of drug-likeness (QED) is 0.516. The van der Waals surface area contributed by atoms with E-state index in [0.717, 1.165) is 0 Å². The van der Waals surface area contributed by atoms with Gasteiger partial charge in [0.25, 0.3) is 0 Å². The Morgan fingerprint density at radius 3 is 3.22 bits per heavy atom. The van der Waals surface area contributed by atoms with Gasteiger partial charge in [0.05, 0.1) is 6.20 Å². The maximum Gasteiger partial charge on any atom is 0.193 e. The van der Waals surface area contributed by atoms with Gasteiger partial charge in [-0.2, -0.15) is 9.98 Å². The number of hydrogen-bond acceptors (Lipinski definition) is 4. The number of aromatic nitrogens is 2. The molecule has 1 aromatic heterocycles. The van der Waals surface area contributed by atoms with E-state index in [2.05, 4.69) is 26.0 Å². The zero-order valence-electron chi connectivity index (χ0n) is 4.44. The number of fused-ring (bicyclic) bond motifs is 1. The highest BCUT2D eigenvalue weighted by molar-refractivity contribution is 5.70. The highest BCUT2D eigenvalue weighted by Crippen LogP contribution is 2.24. The van der Waals surface area contributed by atoms with E-state index in [1.807, 2.05) is 0 Å². The molecule has 0 saturated heterocycles. The molecule has 1 aromatic rings. The van der Waals surface area contributed by atoms with Gasteiger partial charge in [0, 0.05) is 0 Å². The first-order valence-electron chi connectivity index (χ1n) is 2.43. The zero-order chi connectivity index (χ0) is 6.10. The standard InChI is InChI=1S/C5H2N4/c1-4-5(8-2-6-1)9-3-7-4/h1-2H. The van der Waals surface area contributed by atoms with Crippen LogP contribution >= 0.6 is 0 Å². The molecule has 9 heavy (non-hydrogen) atoms. The van der Waals surface area contributed by atoms with Crippen molar-refractivity contribution in [1.29, 1.82) is 0 Å². The van der Waals surface area contributed by atoms with E-state index in [9.17, 15) is 0 Å². The largest absolute Gasteiger partial charge is 0.242 e. The molecule has 0 saturated carbocycles. The summed E-state index contributed by atoms with van der Waals surface area (Å²) in [4.78, 5) is 15.1. The van der Waals surface area contributed by atoms with Crippen molar-refractivity contribution in [3.8, 4) is 0 Å². The average molecular weight is 118 g/mol. The molecular formula is C5H2N4. The maximum atomic E-state index is 3.83. The fourth-order valence-electron chi connectivity index (χ4n) is 0.607. The van der Waals surface area contributed by atoms with Crippen molar-refractivity contribution in [2.24, 2.45) is 9.98 Å². The highest BCUT2D eigenvalue weighted by Gasteiger charge is 2.02. The van der Waals surface area contributed by atoms with Crippen LogP contribution in [0, 0.1) is 0 Å². The summed E-state index contributed by atoms with van der Waals surface area (Å²) in [6.07, 6.45) is 3.04. The Labute approximate surface area is 51.0 Å². The number of aliphatic imine (C=N–C) groups is 2. The van der Waals surface area contributed by atoms with Crippen molar-refractivity contribution >= 4 is 17.5 Å². The molecule has 0 unspecified atom stereocenters. The second-order valence-electron chi connectivity index (χ2n) is 1.56. The summed E-state index contributed by atoms with van der Waals surface area (Å²) in [5.41, 5.74) is 0.692. The van der Waals surface area contributed by atoms with Crippen LogP contribution in [0.2, 0.25) is 0 Å². The third-order valence-corrected chi connectivity index (χ3v) is 0.999. The maximum absolute atomic E-state index is 3.83. The molecule has 0 atom stereocenters. The van der Waals surface area contributed by atoms with Crippen LogP contribution in [0.4, 0.5) is 11.5 Å². The van der Waals surface area contributed by atoms with Crippen molar-refractivity contribution < 1.29 is 0 Å². The normalized spacial score (nSPS) is 12.0. The predicted octanol–water partition coefficient (Wildman–Crippen LogP) is 0.927. The second kappa shape index (κ2) is 1.47. The SMILES string of the molecule is C1=Nc2cncnc2N=1. The van der Waals surface area contributed by atoms with Gasteiger partial charge < -0.3 is 0 Å². The van der Waals surface area contributed by atoms with Gasteiger partial charge in [0.1, 0.15) is 18.0 Å². The van der Waals surface area contributed by atoms with Gasteiger partial charge in [-0.25, -0.2) is 9.97 Å². The van der Waals surface area contributed by atoms with Crippen LogP contribution in [0.15, 0.2) is 22.5 Å². The van der Waals surface area contributed by atoms with Crippen LogP contribution in [-0.2, 0) is 0 Å². The molecule has 0 bridgehead atoms. The van der Waals surface area contributed by atoms with E-state index < -0.39 is 0 Å². The van der Waals surface area contributed by atoms with E-state index in [4.69, 9.17) is 0 Å². The Kier molecular flexibility index (Phi) is 0.709. The lowest BCUT2D eigenvalue weighted by molar-refractivity contribution is 1.16. The summed E-state index contributed by atoms with van der Waals surface area (Å²) in [5.74, 6) is 0.602. The number of hydrogen-bond donors (Lipinski definition) is 0. The molecule has 4 heteroatoms. The van der Waals surface area contributed by atoms with Crippen LogP contribution in [-0.4, -0.2) is 16.0 Å². The molecule has 2 heterocycles. The van der Waals surface area contributed by atoms with E-state index in [1.165, 1.54) is 6.33 Å². The van der Waals surface area contributed by atoms with Crippen molar-refractivity contribution in [3.05, 3.63) is 12.5 Å². The summed E-state index contributed by atoms with van der Waals surface area (Å²) in [7, 11) is 0. The first-order chi connectivity index (χ1) is 4.47. The van der Waals surface area contributed by atoms with E-state index in [-0.39, 0.29) is 0 Å². The molecule has 0 N–H and O–H groups in total. The molecule has 0 radical (unpaired) electrons. The summed E-state index contributed by atoms with van der Waals surface area (Å²) < 4.78 is 0. The Balaban J connectivity index is 2.72. The molecule has 4 nitrogen and oxygen atoms in total. The van der Waals surface area contributed by atoms with Crippen molar-refractivity contribution in [2.75, 3.05) is 0 Å². The molecule has 0 fully saturated rings. The van der Waals surface area contributed by atoms with Gasteiger partial charge >= 0.3 is 0 Å². The van der Waals surface area contributed by atoms with E-state index in [0.29, 0.717) is 11.5 Å². The van der Waals surface area contributed by atoms with Gasteiger partial charge in [-0.3, -0.25) is 0 Å². The van der Waals surface area contributed by atoms with Gasteiger partial charge in [0.15, 0.2) is 5.82 Å². The molecule has 42 valence electrons. The zero-order valence-corrected chi connectivity index (χ0v) is 4.44. The van der Waals surface area contributed by atoms with Gasteiger partial charge in [-0.15, -0.1) is 0 Å². The Morgan fingerprint density at radius 2 is 2.33 bits per heavy atom. The molecule has 0 amide bonds. The Morgan fingerprint density at radius 1 is 1.33 bits per heavy atom. The van der Waals surface area contributed by atoms with Gasteiger partial charge in [0.2, 0.25) is 0 Å². The molecule has 1 aliphatic heterocycles. The minimum absolute atomic E-state index is 0.602. The first-order valence-corrected chi connectivity index (χ1v) is 2.43.